The zero-order chi connectivity index (χ0) is 20.1. The van der Waals surface area contributed by atoms with Crippen LogP contribution in [0, 0.1) is 0 Å². The monoisotopic (exact) mass is 363 g/mol. The van der Waals surface area contributed by atoms with Crippen molar-refractivity contribution in [1.29, 1.82) is 0 Å². The van der Waals surface area contributed by atoms with E-state index in [1.165, 1.54) is 12.1 Å². The third kappa shape index (κ3) is 4.36. The molecular formula is C18H22N2O6. The molecule has 8 heteroatoms. The second-order valence-electron chi connectivity index (χ2n) is 5.81. The first kappa shape index (κ1) is 18.3. The number of aldehydes is 1. The van der Waals surface area contributed by atoms with E-state index in [0.717, 1.165) is 0 Å². The molecular weight excluding hydrogens is 340 g/mol. The average Bonchev–Trinajstić information content (AvgIpc) is 2.67. The van der Waals surface area contributed by atoms with E-state index in [4.69, 9.17) is 6.52 Å². The molecule has 26 heavy (non-hydrogen) atoms. The number of rotatable bonds is 8. The van der Waals surface area contributed by atoms with Crippen LogP contribution in [-0.4, -0.2) is 62.7 Å². The minimum Gasteiger partial charge on any atom is -0.394 e. The Kier molecular flexibility index (Phi) is 6.13. The second kappa shape index (κ2) is 8.72. The summed E-state index contributed by atoms with van der Waals surface area (Å²) in [6, 6.07) is 4.79. The molecule has 0 saturated carbocycles. The van der Waals surface area contributed by atoms with Gasteiger partial charge in [0.1, 0.15) is 30.6 Å². The summed E-state index contributed by atoms with van der Waals surface area (Å²) in [4.78, 5) is 26.1. The van der Waals surface area contributed by atoms with E-state index >= 15 is 0 Å². The molecule has 140 valence electrons. The molecule has 4 atom stereocenters. The van der Waals surface area contributed by atoms with Gasteiger partial charge in [0, 0.05) is 11.3 Å². The van der Waals surface area contributed by atoms with Gasteiger partial charge in [0.05, 0.1) is 12.1 Å². The lowest BCUT2D eigenvalue weighted by Crippen LogP contribution is -2.49. The maximum absolute atomic E-state index is 12.1. The molecule has 0 unspecified atom stereocenters. The summed E-state index contributed by atoms with van der Waals surface area (Å²) in [6.07, 6.45) is -1.63. The number of aromatic nitrogens is 1. The van der Waals surface area contributed by atoms with E-state index in [9.17, 15) is 24.9 Å². The highest BCUT2D eigenvalue weighted by atomic mass is 16.4. The van der Waals surface area contributed by atoms with Crippen molar-refractivity contribution in [3.63, 3.8) is 0 Å². The van der Waals surface area contributed by atoms with E-state index in [0.29, 0.717) is 21.8 Å². The number of fused-ring (bicyclic) bond motifs is 1. The first-order valence-electron chi connectivity index (χ1n) is 8.47. The molecule has 2 rings (SSSR count). The van der Waals surface area contributed by atoms with Gasteiger partial charge in [-0.3, -0.25) is 4.79 Å². The molecule has 0 radical (unpaired) electrons. The molecule has 1 aromatic heterocycles. The average molecular weight is 363 g/mol. The summed E-state index contributed by atoms with van der Waals surface area (Å²) in [5, 5.41) is 39.5. The zero-order valence-electron chi connectivity index (χ0n) is 15.1. The first-order chi connectivity index (χ1) is 12.8. The molecule has 0 saturated heterocycles. The Bertz CT molecular complexity index is 884. The molecule has 0 aliphatic heterocycles. The van der Waals surface area contributed by atoms with Crippen molar-refractivity contribution in [2.24, 2.45) is 0 Å². The van der Waals surface area contributed by atoms with Gasteiger partial charge in [0.15, 0.2) is 1.41 Å². The van der Waals surface area contributed by atoms with Crippen LogP contribution in [-0.2, 0) is 4.79 Å². The van der Waals surface area contributed by atoms with Crippen molar-refractivity contribution >= 4 is 29.0 Å². The number of allylic oxidation sites excluding steroid dienone is 1. The minimum atomic E-state index is -1.82. The van der Waals surface area contributed by atoms with Gasteiger partial charge in [-0.2, -0.15) is 0 Å². The van der Waals surface area contributed by atoms with Crippen LogP contribution in [0.2, 0.25) is 1.41 Å². The summed E-state index contributed by atoms with van der Waals surface area (Å²) >= 11 is 0. The number of carbonyl (C=O) groups excluding carboxylic acids is 1. The van der Waals surface area contributed by atoms with E-state index in [2.05, 4.69) is 4.98 Å². The third-order valence-electron chi connectivity index (χ3n) is 3.92. The van der Waals surface area contributed by atoms with Gasteiger partial charge in [0.25, 0.3) is 5.56 Å². The lowest BCUT2D eigenvalue weighted by atomic mass is 10.0. The van der Waals surface area contributed by atoms with Gasteiger partial charge in [-0.05, 0) is 30.5 Å². The molecule has 0 fully saturated rings. The van der Waals surface area contributed by atoms with Crippen molar-refractivity contribution in [3.8, 4) is 0 Å². The van der Waals surface area contributed by atoms with Crippen LogP contribution >= 0.6 is 0 Å². The Morgan fingerprint density at radius 1 is 1.27 bits per heavy atom. The van der Waals surface area contributed by atoms with Crippen LogP contribution in [0.15, 0.2) is 35.1 Å². The number of aliphatic hydroxyl groups is 4. The molecule has 0 aliphatic carbocycles. The summed E-state index contributed by atoms with van der Waals surface area (Å²) in [5.41, 5.74) is 0.766. The molecule has 6 N–H and O–H groups in total. The number of pyridine rings is 1. The fourth-order valence-electron chi connectivity index (χ4n) is 2.49. The van der Waals surface area contributed by atoms with Crippen LogP contribution in [0.4, 0.5) is 5.69 Å². The molecule has 0 aliphatic rings. The summed E-state index contributed by atoms with van der Waals surface area (Å²) in [6.45, 7) is 0.977. The third-order valence-corrected chi connectivity index (χ3v) is 3.92. The maximum Gasteiger partial charge on any atom is 0.255 e. The number of anilines is 1. The van der Waals surface area contributed by atoms with Crippen molar-refractivity contribution in [2.75, 3.05) is 11.9 Å². The fraction of sp³-hybridized carbons (Fsp3) is 0.333. The van der Waals surface area contributed by atoms with E-state index in [-0.39, 0.29) is 17.5 Å². The van der Waals surface area contributed by atoms with Crippen LogP contribution in [0.25, 0.3) is 17.0 Å². The Morgan fingerprint density at radius 3 is 2.62 bits per heavy atom. The number of aliphatic hydroxyl groups excluding tert-OH is 4. The number of benzene rings is 1. The number of hydrogen-bond donors (Lipinski definition) is 6. The largest absolute Gasteiger partial charge is 0.394 e. The van der Waals surface area contributed by atoms with Crippen molar-refractivity contribution in [2.45, 2.75) is 31.3 Å². The van der Waals surface area contributed by atoms with Gasteiger partial charge in [0.2, 0.25) is 0 Å². The maximum atomic E-state index is 12.1. The number of nitrogens with one attached hydrogen (secondary N) is 2. The summed E-state index contributed by atoms with van der Waals surface area (Å²) < 4.78 is 8.11. The lowest BCUT2D eigenvalue weighted by Gasteiger charge is -2.26. The van der Waals surface area contributed by atoms with Gasteiger partial charge >= 0.3 is 0 Å². The van der Waals surface area contributed by atoms with Crippen molar-refractivity contribution in [1.82, 2.24) is 4.98 Å². The molecule has 8 nitrogen and oxygen atoms in total. The smallest absolute Gasteiger partial charge is 0.255 e. The number of H-pyrrole nitrogens is 1. The summed E-state index contributed by atoms with van der Waals surface area (Å²) in [7, 11) is 0. The number of aromatic amines is 1. The SMILES string of the molecule is [2H]N(c1ccc2cc(C=CC)c(=O)[nH]c2c1)[C@@H](C=O)[C@@H](O)[C@H](O)[C@H](O)CO. The highest BCUT2D eigenvalue weighted by Gasteiger charge is 2.31. The highest BCUT2D eigenvalue weighted by Crippen LogP contribution is 2.19. The molecule has 0 bridgehead atoms. The Labute approximate surface area is 150 Å². The van der Waals surface area contributed by atoms with E-state index in [1.807, 2.05) is 0 Å². The molecule has 0 amide bonds. The van der Waals surface area contributed by atoms with Gasteiger partial charge in [-0.25, -0.2) is 0 Å². The van der Waals surface area contributed by atoms with Crippen molar-refractivity contribution in [3.05, 3.63) is 46.3 Å². The highest BCUT2D eigenvalue weighted by molar-refractivity contribution is 5.84. The Balaban J connectivity index is 2.37. The predicted molar refractivity (Wildman–Crippen MR) is 97.9 cm³/mol. The Hall–Kier alpha value is -2.52. The van der Waals surface area contributed by atoms with Crippen LogP contribution in [0.1, 0.15) is 12.5 Å². The van der Waals surface area contributed by atoms with Crippen molar-refractivity contribution < 1.29 is 26.6 Å². The predicted octanol–water partition coefficient (Wildman–Crippen LogP) is -0.384. The number of hydrogen-bond acceptors (Lipinski definition) is 7. The molecule has 1 aromatic carbocycles. The summed E-state index contributed by atoms with van der Waals surface area (Å²) in [5.74, 6) is 0. The quantitative estimate of drug-likeness (QED) is 0.351. The second-order valence-corrected chi connectivity index (χ2v) is 5.81. The molecule has 0 spiro atoms. The lowest BCUT2D eigenvalue weighted by molar-refractivity contribution is -0.117. The van der Waals surface area contributed by atoms with Crippen LogP contribution in [0.3, 0.4) is 0 Å². The molecule has 2 aromatic rings. The standard InChI is InChI=1S/C18H22N2O6/c1-2-3-11-6-10-4-5-12(7-13(10)20-18(11)26)19-14(8-21)16(24)17(25)15(23)9-22/h2-8,14-17,19,22-25H,9H2,1H3,(H,20,26)/t14-,15+,16+,17+/m0/s1/i/hD. The van der Waals surface area contributed by atoms with E-state index in [1.54, 1.807) is 31.2 Å². The van der Waals surface area contributed by atoms with Gasteiger partial charge < -0.3 is 35.5 Å². The van der Waals surface area contributed by atoms with Crippen LogP contribution < -0.4 is 10.9 Å². The minimum absolute atomic E-state index is 0.179. The first-order valence-corrected chi connectivity index (χ1v) is 8.02. The Morgan fingerprint density at radius 2 is 2.00 bits per heavy atom. The normalized spacial score (nSPS) is 16.9. The molecule has 1 heterocycles. The number of carbonyl (C=O) groups is 1. The topological polar surface area (TPSA) is 143 Å². The van der Waals surface area contributed by atoms with Crippen LogP contribution in [0.5, 0.6) is 0 Å². The van der Waals surface area contributed by atoms with E-state index < -0.39 is 31.0 Å². The zero-order valence-corrected chi connectivity index (χ0v) is 14.1. The van der Waals surface area contributed by atoms with Gasteiger partial charge in [-0.1, -0.05) is 18.2 Å². The van der Waals surface area contributed by atoms with Gasteiger partial charge in [-0.15, -0.1) is 0 Å². The fourth-order valence-corrected chi connectivity index (χ4v) is 2.49.